The molecule has 3 heterocycles. The van der Waals surface area contributed by atoms with Gasteiger partial charge in [0.05, 0.1) is 23.8 Å². The van der Waals surface area contributed by atoms with Crippen LogP contribution in [0, 0.1) is 0 Å². The van der Waals surface area contributed by atoms with Crippen LogP contribution in [0.4, 0.5) is 20.7 Å². The molecule has 0 unspecified atom stereocenters. The number of nitrogens with zero attached hydrogens (tertiary/aromatic N) is 4. The van der Waals surface area contributed by atoms with Crippen molar-refractivity contribution in [2.24, 2.45) is 0 Å². The fourth-order valence-electron chi connectivity index (χ4n) is 3.26. The maximum Gasteiger partial charge on any atom is 0.410 e. The lowest BCUT2D eigenvalue weighted by atomic mass is 10.1. The van der Waals surface area contributed by atoms with E-state index in [2.05, 4.69) is 9.88 Å². The minimum absolute atomic E-state index is 0.0612. The highest BCUT2D eigenvalue weighted by molar-refractivity contribution is 6.30. The van der Waals surface area contributed by atoms with Crippen molar-refractivity contribution < 1.29 is 13.9 Å². The predicted molar refractivity (Wildman–Crippen MR) is 101 cm³/mol. The van der Waals surface area contributed by atoms with Crippen molar-refractivity contribution in [2.75, 3.05) is 42.5 Å². The zero-order valence-corrected chi connectivity index (χ0v) is 16.5. The molecule has 0 aromatic carbocycles. The van der Waals surface area contributed by atoms with Gasteiger partial charge < -0.3 is 19.4 Å². The molecule has 0 saturated carbocycles. The number of hydrogen-bond donors (Lipinski definition) is 0. The van der Waals surface area contributed by atoms with E-state index >= 15 is 0 Å². The highest BCUT2D eigenvalue weighted by Crippen LogP contribution is 2.35. The summed E-state index contributed by atoms with van der Waals surface area (Å²) in [7, 11) is 0. The van der Waals surface area contributed by atoms with E-state index in [4.69, 9.17) is 16.3 Å². The van der Waals surface area contributed by atoms with E-state index in [1.807, 2.05) is 38.7 Å². The van der Waals surface area contributed by atoms with E-state index in [0.29, 0.717) is 37.7 Å². The Bertz CT molecular complexity index is 676. The van der Waals surface area contributed by atoms with Gasteiger partial charge in [0.25, 0.3) is 0 Å². The van der Waals surface area contributed by atoms with Gasteiger partial charge in [0.2, 0.25) is 0 Å². The first kappa shape index (κ1) is 19.0. The second kappa shape index (κ2) is 7.10. The number of carbonyl (C=O) groups is 1. The van der Waals surface area contributed by atoms with Crippen molar-refractivity contribution >= 4 is 29.2 Å². The number of piperazine rings is 1. The van der Waals surface area contributed by atoms with Crippen LogP contribution < -0.4 is 9.80 Å². The smallest absolute Gasteiger partial charge is 0.410 e. The number of pyridine rings is 1. The van der Waals surface area contributed by atoms with Gasteiger partial charge in [-0.2, -0.15) is 0 Å². The summed E-state index contributed by atoms with van der Waals surface area (Å²) in [6.07, 6.45) is 0.514. The number of halogens is 2. The molecule has 2 fully saturated rings. The van der Waals surface area contributed by atoms with Crippen LogP contribution in [0.25, 0.3) is 0 Å². The zero-order chi connectivity index (χ0) is 19.1. The van der Waals surface area contributed by atoms with Gasteiger partial charge >= 0.3 is 6.09 Å². The van der Waals surface area contributed by atoms with Gasteiger partial charge in [-0.15, -0.1) is 0 Å². The SMILES string of the molecule is C[C@H]1CN(C(=O)OC(C)(C)C)CCN1c1ncc(Cl)cc1N1CC(F)C1. The largest absolute Gasteiger partial charge is 0.444 e. The lowest BCUT2D eigenvalue weighted by Crippen LogP contribution is -2.55. The summed E-state index contributed by atoms with van der Waals surface area (Å²) in [5, 5.41) is 0.533. The molecule has 3 rings (SSSR count). The van der Waals surface area contributed by atoms with Crippen LogP contribution in [0.1, 0.15) is 27.7 Å². The molecular weight excluding hydrogens is 359 g/mol. The first-order valence-corrected chi connectivity index (χ1v) is 9.31. The Morgan fingerprint density at radius 1 is 1.31 bits per heavy atom. The Morgan fingerprint density at radius 3 is 2.58 bits per heavy atom. The number of ether oxygens (including phenoxy) is 1. The van der Waals surface area contributed by atoms with Crippen LogP contribution >= 0.6 is 11.6 Å². The second-order valence-corrected chi connectivity index (χ2v) is 8.40. The molecule has 1 aromatic heterocycles. The number of aromatic nitrogens is 1. The third-order valence-corrected chi connectivity index (χ3v) is 4.75. The molecule has 0 N–H and O–H groups in total. The minimum atomic E-state index is -0.803. The molecule has 26 heavy (non-hydrogen) atoms. The third kappa shape index (κ3) is 4.14. The van der Waals surface area contributed by atoms with Crippen molar-refractivity contribution in [3.05, 3.63) is 17.3 Å². The molecule has 6 nitrogen and oxygen atoms in total. The Balaban J connectivity index is 1.73. The van der Waals surface area contributed by atoms with E-state index in [0.717, 1.165) is 11.5 Å². The van der Waals surface area contributed by atoms with Gasteiger partial charge in [0, 0.05) is 31.9 Å². The summed E-state index contributed by atoms with van der Waals surface area (Å²) in [5.41, 5.74) is 0.340. The Labute approximate surface area is 158 Å². The van der Waals surface area contributed by atoms with Crippen molar-refractivity contribution in [3.8, 4) is 0 Å². The lowest BCUT2D eigenvalue weighted by molar-refractivity contribution is 0.0218. The quantitative estimate of drug-likeness (QED) is 0.782. The van der Waals surface area contributed by atoms with Crippen LogP contribution in [-0.4, -0.2) is 66.5 Å². The minimum Gasteiger partial charge on any atom is -0.444 e. The molecule has 1 atom stereocenters. The second-order valence-electron chi connectivity index (χ2n) is 7.97. The highest BCUT2D eigenvalue weighted by atomic mass is 35.5. The molecular formula is C18H26ClFN4O2. The number of carbonyl (C=O) groups excluding carboxylic acids is 1. The van der Waals surface area contributed by atoms with Gasteiger partial charge in [-0.05, 0) is 33.8 Å². The summed E-state index contributed by atoms with van der Waals surface area (Å²) < 4.78 is 18.8. The monoisotopic (exact) mass is 384 g/mol. The summed E-state index contributed by atoms with van der Waals surface area (Å²) in [6, 6.07) is 1.90. The van der Waals surface area contributed by atoms with E-state index in [1.54, 1.807) is 11.1 Å². The summed E-state index contributed by atoms with van der Waals surface area (Å²) >= 11 is 6.11. The van der Waals surface area contributed by atoms with Crippen LogP contribution in [0.5, 0.6) is 0 Å². The van der Waals surface area contributed by atoms with E-state index in [-0.39, 0.29) is 12.1 Å². The number of alkyl halides is 1. The number of anilines is 2. The maximum atomic E-state index is 13.3. The van der Waals surface area contributed by atoms with E-state index in [1.165, 1.54) is 0 Å². The van der Waals surface area contributed by atoms with Gasteiger partial charge in [-0.1, -0.05) is 11.6 Å². The summed E-state index contributed by atoms with van der Waals surface area (Å²) in [4.78, 5) is 22.6. The van der Waals surface area contributed by atoms with Crippen molar-refractivity contribution in [1.82, 2.24) is 9.88 Å². The number of amides is 1. The molecule has 1 amide bonds. The first-order chi connectivity index (χ1) is 12.1. The Hall–Kier alpha value is -1.76. The van der Waals surface area contributed by atoms with Crippen LogP contribution in [0.2, 0.25) is 5.02 Å². The lowest BCUT2D eigenvalue weighted by Gasteiger charge is -2.44. The molecule has 0 spiro atoms. The van der Waals surface area contributed by atoms with E-state index < -0.39 is 11.8 Å². The van der Waals surface area contributed by atoms with Crippen molar-refractivity contribution in [1.29, 1.82) is 0 Å². The molecule has 0 radical (unpaired) electrons. The number of rotatable bonds is 2. The van der Waals surface area contributed by atoms with Crippen LogP contribution in [0.15, 0.2) is 12.3 Å². The summed E-state index contributed by atoms with van der Waals surface area (Å²) in [5.74, 6) is 0.789. The van der Waals surface area contributed by atoms with Gasteiger partial charge in [0.1, 0.15) is 11.8 Å². The zero-order valence-electron chi connectivity index (χ0n) is 15.7. The van der Waals surface area contributed by atoms with Crippen LogP contribution in [-0.2, 0) is 4.74 Å². The fourth-order valence-corrected chi connectivity index (χ4v) is 3.41. The summed E-state index contributed by atoms with van der Waals surface area (Å²) in [6.45, 7) is 10.1. The molecule has 2 aliphatic heterocycles. The Morgan fingerprint density at radius 2 is 2.00 bits per heavy atom. The molecule has 2 saturated heterocycles. The normalized spacial score (nSPS) is 21.6. The molecule has 2 aliphatic rings. The average molecular weight is 385 g/mol. The maximum absolute atomic E-state index is 13.3. The fraction of sp³-hybridized carbons (Fsp3) is 0.667. The number of hydrogen-bond acceptors (Lipinski definition) is 5. The van der Waals surface area contributed by atoms with E-state index in [9.17, 15) is 9.18 Å². The topological polar surface area (TPSA) is 48.9 Å². The van der Waals surface area contributed by atoms with Gasteiger partial charge in [-0.25, -0.2) is 14.2 Å². The molecule has 1 aromatic rings. The highest BCUT2D eigenvalue weighted by Gasteiger charge is 2.34. The van der Waals surface area contributed by atoms with Crippen LogP contribution in [0.3, 0.4) is 0 Å². The van der Waals surface area contributed by atoms with Gasteiger partial charge in [0.15, 0.2) is 5.82 Å². The molecule has 0 aliphatic carbocycles. The molecule has 0 bridgehead atoms. The molecule has 144 valence electrons. The standard InChI is InChI=1S/C18H26ClFN4O2/c1-12-9-22(17(25)26-18(2,3)4)5-6-24(12)16-15(7-13(19)8-21-16)23-10-14(20)11-23/h7-8,12,14H,5-6,9-11H2,1-4H3/t12-/m0/s1. The van der Waals surface area contributed by atoms with Crippen molar-refractivity contribution in [2.45, 2.75) is 45.5 Å². The third-order valence-electron chi connectivity index (χ3n) is 4.54. The average Bonchev–Trinajstić information content (AvgIpc) is 2.50. The first-order valence-electron chi connectivity index (χ1n) is 8.93. The Kier molecular flexibility index (Phi) is 5.19. The van der Waals surface area contributed by atoms with Gasteiger partial charge in [-0.3, -0.25) is 0 Å². The van der Waals surface area contributed by atoms with Crippen molar-refractivity contribution in [3.63, 3.8) is 0 Å². The predicted octanol–water partition coefficient (Wildman–Crippen LogP) is 3.34. The molecule has 8 heteroatoms.